The number of aryl methyl sites for hydroxylation is 2. The van der Waals surface area contributed by atoms with E-state index in [2.05, 4.69) is 27.8 Å². The van der Waals surface area contributed by atoms with Crippen molar-refractivity contribution < 1.29 is 19.4 Å². The number of amides is 1. The van der Waals surface area contributed by atoms with Gasteiger partial charge < -0.3 is 20.5 Å². The van der Waals surface area contributed by atoms with Crippen LogP contribution in [0.2, 0.25) is 0 Å². The van der Waals surface area contributed by atoms with Gasteiger partial charge in [-0.25, -0.2) is 9.78 Å². The molecule has 170 valence electrons. The lowest BCUT2D eigenvalue weighted by Crippen LogP contribution is -2.42. The average Bonchev–Trinajstić information content (AvgIpc) is 2.79. The van der Waals surface area contributed by atoms with Crippen molar-refractivity contribution in [2.75, 3.05) is 18.5 Å². The Hall–Kier alpha value is -3.00. The summed E-state index contributed by atoms with van der Waals surface area (Å²) in [6.45, 7) is 1.30. The van der Waals surface area contributed by atoms with E-state index in [0.717, 1.165) is 50.2 Å². The number of aliphatic carboxylic acids is 1. The normalized spacial score (nSPS) is 20.4. The number of carbonyl (C=O) groups excluding carboxylic acids is 1. The Morgan fingerprint density at radius 1 is 1.25 bits per heavy atom. The maximum atomic E-state index is 12.1. The number of carbonyl (C=O) groups is 2. The zero-order valence-electron chi connectivity index (χ0n) is 18.1. The van der Waals surface area contributed by atoms with Gasteiger partial charge in [-0.05, 0) is 68.2 Å². The molecule has 8 nitrogen and oxygen atoms in total. The highest BCUT2D eigenvalue weighted by Crippen LogP contribution is 2.34. The maximum Gasteiger partial charge on any atom is 0.326 e. The SMILES string of the molecule is O=C(N[C@H](CCOC1CC(CCc2ccc3c(n2)NCCC3)C1)C(=O)O)c1ccccn1. The molecule has 3 N–H and O–H groups in total. The van der Waals surface area contributed by atoms with E-state index in [4.69, 9.17) is 9.72 Å². The van der Waals surface area contributed by atoms with Crippen LogP contribution in [0.3, 0.4) is 0 Å². The highest BCUT2D eigenvalue weighted by atomic mass is 16.5. The number of ether oxygens (including phenoxy) is 1. The van der Waals surface area contributed by atoms with Crippen LogP contribution in [0.15, 0.2) is 36.5 Å². The van der Waals surface area contributed by atoms with Crippen LogP contribution in [0.25, 0.3) is 0 Å². The van der Waals surface area contributed by atoms with E-state index in [9.17, 15) is 14.7 Å². The summed E-state index contributed by atoms with van der Waals surface area (Å²) in [5.74, 6) is 0.0979. The molecule has 8 heteroatoms. The lowest BCUT2D eigenvalue weighted by molar-refractivity contribution is -0.140. The highest BCUT2D eigenvalue weighted by Gasteiger charge is 2.30. The van der Waals surface area contributed by atoms with E-state index in [-0.39, 0.29) is 18.2 Å². The number of carboxylic acid groups (broad SMARTS) is 1. The molecular weight excluding hydrogens is 408 g/mol. The minimum absolute atomic E-state index is 0.166. The second-order valence-corrected chi connectivity index (χ2v) is 8.58. The number of hydrogen-bond acceptors (Lipinski definition) is 6. The first-order chi connectivity index (χ1) is 15.6. The lowest BCUT2D eigenvalue weighted by Gasteiger charge is -2.35. The third-order valence-corrected chi connectivity index (χ3v) is 6.21. The fourth-order valence-electron chi connectivity index (χ4n) is 4.25. The number of fused-ring (bicyclic) bond motifs is 1. The predicted molar refractivity (Wildman–Crippen MR) is 120 cm³/mol. The summed E-state index contributed by atoms with van der Waals surface area (Å²) in [6.07, 6.45) is 8.19. The van der Waals surface area contributed by atoms with Gasteiger partial charge in [-0.1, -0.05) is 12.1 Å². The molecule has 0 radical (unpaired) electrons. The Bertz CT molecular complexity index is 931. The van der Waals surface area contributed by atoms with E-state index in [1.54, 1.807) is 18.2 Å². The number of hydrogen-bond donors (Lipinski definition) is 3. The summed E-state index contributed by atoms with van der Waals surface area (Å²) in [4.78, 5) is 32.3. The Kier molecular flexibility index (Phi) is 7.32. The molecular formula is C24H30N4O4. The number of nitrogens with one attached hydrogen (secondary N) is 2. The summed E-state index contributed by atoms with van der Waals surface area (Å²) >= 11 is 0. The summed E-state index contributed by atoms with van der Waals surface area (Å²) in [6, 6.07) is 8.28. The number of anilines is 1. The zero-order chi connectivity index (χ0) is 22.3. The molecule has 32 heavy (non-hydrogen) atoms. The van der Waals surface area contributed by atoms with Gasteiger partial charge in [-0.3, -0.25) is 9.78 Å². The van der Waals surface area contributed by atoms with Crippen molar-refractivity contribution >= 4 is 17.7 Å². The fourth-order valence-corrected chi connectivity index (χ4v) is 4.25. The molecule has 0 bridgehead atoms. The van der Waals surface area contributed by atoms with Crippen LogP contribution in [0.1, 0.15) is 53.8 Å². The van der Waals surface area contributed by atoms with Gasteiger partial charge in [0.15, 0.2) is 0 Å². The van der Waals surface area contributed by atoms with Crippen molar-refractivity contribution in [2.24, 2.45) is 5.92 Å². The Labute approximate surface area is 187 Å². The van der Waals surface area contributed by atoms with Gasteiger partial charge in [-0.15, -0.1) is 0 Å². The van der Waals surface area contributed by atoms with Crippen LogP contribution in [-0.2, 0) is 22.4 Å². The van der Waals surface area contributed by atoms with Crippen molar-refractivity contribution in [3.05, 3.63) is 53.5 Å². The lowest BCUT2D eigenvalue weighted by atomic mass is 9.79. The Balaban J connectivity index is 1.14. The van der Waals surface area contributed by atoms with Gasteiger partial charge in [0, 0.05) is 31.5 Å². The van der Waals surface area contributed by atoms with E-state index >= 15 is 0 Å². The molecule has 1 amide bonds. The number of aromatic nitrogens is 2. The highest BCUT2D eigenvalue weighted by molar-refractivity contribution is 5.94. The molecule has 1 atom stereocenters. The largest absolute Gasteiger partial charge is 0.480 e. The summed E-state index contributed by atoms with van der Waals surface area (Å²) in [7, 11) is 0. The first kappa shape index (κ1) is 22.2. The maximum absolute atomic E-state index is 12.1. The monoisotopic (exact) mass is 438 g/mol. The molecule has 2 aliphatic rings. The van der Waals surface area contributed by atoms with Crippen LogP contribution in [0, 0.1) is 5.92 Å². The van der Waals surface area contributed by atoms with Crippen LogP contribution in [-0.4, -0.2) is 52.2 Å². The first-order valence-corrected chi connectivity index (χ1v) is 11.4. The van der Waals surface area contributed by atoms with Crippen LogP contribution in [0.4, 0.5) is 5.82 Å². The van der Waals surface area contributed by atoms with Gasteiger partial charge in [0.2, 0.25) is 0 Å². The number of pyridine rings is 2. The van der Waals surface area contributed by atoms with Gasteiger partial charge in [-0.2, -0.15) is 0 Å². The third-order valence-electron chi connectivity index (χ3n) is 6.21. The average molecular weight is 439 g/mol. The van der Waals surface area contributed by atoms with Crippen molar-refractivity contribution in [3.63, 3.8) is 0 Å². The molecule has 1 saturated carbocycles. The molecule has 2 aromatic rings. The quantitative estimate of drug-likeness (QED) is 0.523. The molecule has 1 fully saturated rings. The molecule has 0 aromatic carbocycles. The minimum Gasteiger partial charge on any atom is -0.480 e. The van der Waals surface area contributed by atoms with Crippen LogP contribution in [0.5, 0.6) is 0 Å². The Morgan fingerprint density at radius 2 is 2.12 bits per heavy atom. The number of nitrogens with zero attached hydrogens (tertiary/aromatic N) is 2. The summed E-state index contributed by atoms with van der Waals surface area (Å²) in [5.41, 5.74) is 2.65. The molecule has 1 aliphatic heterocycles. The van der Waals surface area contributed by atoms with Crippen molar-refractivity contribution in [2.45, 2.75) is 57.1 Å². The second kappa shape index (κ2) is 10.5. The topological polar surface area (TPSA) is 113 Å². The molecule has 0 saturated heterocycles. The zero-order valence-corrected chi connectivity index (χ0v) is 18.1. The van der Waals surface area contributed by atoms with E-state index in [1.165, 1.54) is 18.2 Å². The number of rotatable bonds is 10. The first-order valence-electron chi connectivity index (χ1n) is 11.4. The smallest absolute Gasteiger partial charge is 0.326 e. The van der Waals surface area contributed by atoms with Gasteiger partial charge in [0.25, 0.3) is 5.91 Å². The van der Waals surface area contributed by atoms with Crippen molar-refractivity contribution in [1.29, 1.82) is 0 Å². The second-order valence-electron chi connectivity index (χ2n) is 8.58. The predicted octanol–water partition coefficient (Wildman–Crippen LogP) is 2.84. The fraction of sp³-hybridized carbons (Fsp3) is 0.500. The Morgan fingerprint density at radius 3 is 2.91 bits per heavy atom. The van der Waals surface area contributed by atoms with E-state index < -0.39 is 17.9 Å². The van der Waals surface area contributed by atoms with E-state index in [0.29, 0.717) is 12.5 Å². The standard InChI is InChI=1S/C24H30N4O4/c29-23(20-5-1-2-11-25-20)28-21(24(30)31)10-13-32-19-14-16(15-19)6-8-18-9-7-17-4-3-12-26-22(17)27-18/h1-2,5,7,9,11,16,19,21H,3-4,6,8,10,12-15H2,(H,26,27)(H,28,29)(H,30,31)/t16?,19?,21-/m1/s1. The van der Waals surface area contributed by atoms with Crippen molar-refractivity contribution in [1.82, 2.24) is 15.3 Å². The number of carboxylic acids is 1. The molecule has 4 rings (SSSR count). The summed E-state index contributed by atoms with van der Waals surface area (Å²) in [5, 5.41) is 15.3. The molecule has 0 spiro atoms. The van der Waals surface area contributed by atoms with Crippen LogP contribution >= 0.6 is 0 Å². The molecule has 0 unspecified atom stereocenters. The minimum atomic E-state index is -1.07. The molecule has 2 aromatic heterocycles. The van der Waals surface area contributed by atoms with Gasteiger partial charge >= 0.3 is 5.97 Å². The van der Waals surface area contributed by atoms with Gasteiger partial charge in [0.1, 0.15) is 17.6 Å². The molecule has 1 aliphatic carbocycles. The van der Waals surface area contributed by atoms with Gasteiger partial charge in [0.05, 0.1) is 6.10 Å². The molecule has 3 heterocycles. The van der Waals surface area contributed by atoms with E-state index in [1.807, 2.05) is 0 Å². The van der Waals surface area contributed by atoms with Crippen molar-refractivity contribution in [3.8, 4) is 0 Å². The third kappa shape index (κ3) is 5.82. The summed E-state index contributed by atoms with van der Waals surface area (Å²) < 4.78 is 5.85. The van der Waals surface area contributed by atoms with Crippen LogP contribution < -0.4 is 10.6 Å².